The molecule has 0 spiro atoms. The van der Waals surface area contributed by atoms with Crippen LogP contribution in [0.2, 0.25) is 0 Å². The van der Waals surface area contributed by atoms with Crippen LogP contribution in [0.5, 0.6) is 0 Å². The second-order valence-electron chi connectivity index (χ2n) is 3.20. The zero-order chi connectivity index (χ0) is 12.3. The van der Waals surface area contributed by atoms with E-state index < -0.39 is 35.8 Å². The van der Waals surface area contributed by atoms with Crippen molar-refractivity contribution < 1.29 is 23.5 Å². The lowest BCUT2D eigenvalue weighted by atomic mass is 10.0. The zero-order valence-electron chi connectivity index (χ0n) is 8.52. The Balaban J connectivity index is 0.00000256. The Hall–Kier alpha value is -1.53. The molecule has 0 aliphatic carbocycles. The van der Waals surface area contributed by atoms with Crippen molar-refractivity contribution in [3.63, 3.8) is 0 Å². The fourth-order valence-corrected chi connectivity index (χ4v) is 1.07. The topological polar surface area (TPSA) is 80.4 Å². The van der Waals surface area contributed by atoms with Crippen LogP contribution in [-0.2, 0) is 4.79 Å². The van der Waals surface area contributed by atoms with E-state index in [1.54, 1.807) is 0 Å². The second-order valence-corrected chi connectivity index (χ2v) is 3.20. The first-order valence-corrected chi connectivity index (χ1v) is 4.38. The van der Waals surface area contributed by atoms with Crippen molar-refractivity contribution in [2.75, 3.05) is 0 Å². The molecule has 17 heavy (non-hydrogen) atoms. The summed E-state index contributed by atoms with van der Waals surface area (Å²) in [4.78, 5) is 21.8. The normalized spacial score (nSPS) is 11.5. The number of carboxylic acids is 1. The average molecular weight is 266 g/mol. The Morgan fingerprint density at radius 3 is 2.35 bits per heavy atom. The van der Waals surface area contributed by atoms with Gasteiger partial charge in [-0.05, 0) is 18.2 Å². The SMILES string of the molecule is Cl.NC(CC(=O)c1ccc(F)c(F)c1)C(=O)O. The molecule has 0 radical (unpaired) electrons. The molecular formula is C10H10ClF2NO3. The van der Waals surface area contributed by atoms with Crippen LogP contribution in [0.15, 0.2) is 18.2 Å². The van der Waals surface area contributed by atoms with Crippen molar-refractivity contribution in [1.29, 1.82) is 0 Å². The summed E-state index contributed by atoms with van der Waals surface area (Å²) in [6.45, 7) is 0. The summed E-state index contributed by atoms with van der Waals surface area (Å²) in [5.74, 6) is -4.20. The van der Waals surface area contributed by atoms with Crippen molar-refractivity contribution in [1.82, 2.24) is 0 Å². The van der Waals surface area contributed by atoms with Gasteiger partial charge in [-0.25, -0.2) is 8.78 Å². The first kappa shape index (κ1) is 15.5. The molecule has 0 bridgehead atoms. The zero-order valence-corrected chi connectivity index (χ0v) is 9.34. The molecule has 7 heteroatoms. The summed E-state index contributed by atoms with van der Waals surface area (Å²) < 4.78 is 25.3. The highest BCUT2D eigenvalue weighted by Gasteiger charge is 2.18. The number of carboxylic acid groups (broad SMARTS) is 1. The fourth-order valence-electron chi connectivity index (χ4n) is 1.07. The van der Waals surface area contributed by atoms with E-state index in [4.69, 9.17) is 10.8 Å². The van der Waals surface area contributed by atoms with Crippen LogP contribution in [0, 0.1) is 11.6 Å². The van der Waals surface area contributed by atoms with Gasteiger partial charge in [0.05, 0.1) is 0 Å². The van der Waals surface area contributed by atoms with Gasteiger partial charge in [0.25, 0.3) is 0 Å². The molecule has 0 heterocycles. The standard InChI is InChI=1S/C10H9F2NO3.ClH/c11-6-2-1-5(3-7(6)12)9(14)4-8(13)10(15)16;/h1-3,8H,4,13H2,(H,15,16);1H. The Morgan fingerprint density at radius 2 is 1.88 bits per heavy atom. The highest BCUT2D eigenvalue weighted by molar-refractivity contribution is 5.98. The van der Waals surface area contributed by atoms with Crippen molar-refractivity contribution >= 4 is 24.2 Å². The third-order valence-electron chi connectivity index (χ3n) is 1.96. The highest BCUT2D eigenvalue weighted by atomic mass is 35.5. The molecule has 94 valence electrons. The second kappa shape index (κ2) is 6.27. The first-order valence-electron chi connectivity index (χ1n) is 4.38. The molecule has 1 unspecified atom stereocenters. The van der Waals surface area contributed by atoms with Crippen LogP contribution in [-0.4, -0.2) is 22.9 Å². The number of hydrogen-bond acceptors (Lipinski definition) is 3. The van der Waals surface area contributed by atoms with Crippen LogP contribution >= 0.6 is 12.4 Å². The monoisotopic (exact) mass is 265 g/mol. The number of aliphatic carboxylic acids is 1. The minimum atomic E-state index is -1.35. The summed E-state index contributed by atoms with van der Waals surface area (Å²) in [6, 6.07) is 1.25. The lowest BCUT2D eigenvalue weighted by Crippen LogP contribution is -2.32. The van der Waals surface area contributed by atoms with E-state index in [0.717, 1.165) is 12.1 Å². The largest absolute Gasteiger partial charge is 0.480 e. The van der Waals surface area contributed by atoms with Gasteiger partial charge in [0.15, 0.2) is 17.4 Å². The molecule has 0 aromatic heterocycles. The molecule has 3 N–H and O–H groups in total. The quantitative estimate of drug-likeness (QED) is 0.806. The summed E-state index contributed by atoms with van der Waals surface area (Å²) in [5.41, 5.74) is 5.03. The van der Waals surface area contributed by atoms with Gasteiger partial charge in [0, 0.05) is 12.0 Å². The minimum absolute atomic E-state index is 0. The molecule has 0 aliphatic rings. The third-order valence-corrected chi connectivity index (χ3v) is 1.96. The first-order chi connectivity index (χ1) is 7.41. The number of carbonyl (C=O) groups excluding carboxylic acids is 1. The third kappa shape index (κ3) is 4.08. The van der Waals surface area contributed by atoms with Crippen molar-refractivity contribution in [2.45, 2.75) is 12.5 Å². The van der Waals surface area contributed by atoms with E-state index in [0.29, 0.717) is 6.07 Å². The van der Waals surface area contributed by atoms with Gasteiger partial charge in [0.1, 0.15) is 6.04 Å². The van der Waals surface area contributed by atoms with Crippen LogP contribution in [0.4, 0.5) is 8.78 Å². The molecule has 0 amide bonds. The molecule has 0 saturated heterocycles. The maximum atomic E-state index is 12.8. The van der Waals surface area contributed by atoms with Crippen molar-refractivity contribution in [3.05, 3.63) is 35.4 Å². The van der Waals surface area contributed by atoms with Gasteiger partial charge < -0.3 is 10.8 Å². The van der Waals surface area contributed by atoms with Crippen LogP contribution in [0.1, 0.15) is 16.8 Å². The van der Waals surface area contributed by atoms with E-state index >= 15 is 0 Å². The number of ketones is 1. The van der Waals surface area contributed by atoms with Gasteiger partial charge in [-0.1, -0.05) is 0 Å². The number of halogens is 3. The van der Waals surface area contributed by atoms with E-state index in [2.05, 4.69) is 0 Å². The Morgan fingerprint density at radius 1 is 1.29 bits per heavy atom. The van der Waals surface area contributed by atoms with E-state index in [1.165, 1.54) is 0 Å². The Labute approximate surface area is 102 Å². The Bertz CT molecular complexity index is 440. The Kier molecular flexibility index (Phi) is 5.70. The molecule has 1 atom stereocenters. The summed E-state index contributed by atoms with van der Waals surface area (Å²) in [6.07, 6.45) is -0.458. The predicted molar refractivity (Wildman–Crippen MR) is 58.2 cm³/mol. The number of Topliss-reactive ketones (excluding diaryl/α,β-unsaturated/α-hetero) is 1. The fraction of sp³-hybridized carbons (Fsp3) is 0.200. The maximum Gasteiger partial charge on any atom is 0.320 e. The molecule has 0 saturated carbocycles. The van der Waals surface area contributed by atoms with E-state index in [1.807, 2.05) is 0 Å². The maximum absolute atomic E-state index is 12.8. The molecule has 1 aromatic carbocycles. The van der Waals surface area contributed by atoms with Crippen LogP contribution in [0.3, 0.4) is 0 Å². The van der Waals surface area contributed by atoms with Crippen LogP contribution < -0.4 is 5.73 Å². The van der Waals surface area contributed by atoms with Gasteiger partial charge in [-0.2, -0.15) is 0 Å². The number of benzene rings is 1. The molecule has 0 fully saturated rings. The van der Waals surface area contributed by atoms with Gasteiger partial charge in [-0.3, -0.25) is 9.59 Å². The molecule has 1 rings (SSSR count). The number of rotatable bonds is 4. The molecular weight excluding hydrogens is 256 g/mol. The van der Waals surface area contributed by atoms with Gasteiger partial charge in [-0.15, -0.1) is 12.4 Å². The van der Waals surface area contributed by atoms with Crippen molar-refractivity contribution in [3.8, 4) is 0 Å². The van der Waals surface area contributed by atoms with Gasteiger partial charge in [0.2, 0.25) is 0 Å². The number of hydrogen-bond donors (Lipinski definition) is 2. The summed E-state index contributed by atoms with van der Waals surface area (Å²) in [5, 5.41) is 8.47. The van der Waals surface area contributed by atoms with Crippen LogP contribution in [0.25, 0.3) is 0 Å². The van der Waals surface area contributed by atoms with Crippen molar-refractivity contribution in [2.24, 2.45) is 5.73 Å². The predicted octanol–water partition coefficient (Wildman–Crippen LogP) is 1.37. The smallest absolute Gasteiger partial charge is 0.320 e. The number of nitrogens with two attached hydrogens (primary N) is 1. The molecule has 0 aliphatic heterocycles. The minimum Gasteiger partial charge on any atom is -0.480 e. The van der Waals surface area contributed by atoms with E-state index in [-0.39, 0.29) is 18.0 Å². The molecule has 4 nitrogen and oxygen atoms in total. The summed E-state index contributed by atoms with van der Waals surface area (Å²) >= 11 is 0. The van der Waals surface area contributed by atoms with Gasteiger partial charge >= 0.3 is 5.97 Å². The highest BCUT2D eigenvalue weighted by Crippen LogP contribution is 2.11. The lowest BCUT2D eigenvalue weighted by molar-refractivity contribution is -0.138. The number of carbonyl (C=O) groups is 2. The average Bonchev–Trinajstić information content (AvgIpc) is 2.21. The summed E-state index contributed by atoms with van der Waals surface area (Å²) in [7, 11) is 0. The lowest BCUT2D eigenvalue weighted by Gasteiger charge is -2.05. The molecule has 1 aromatic rings. The van der Waals surface area contributed by atoms with E-state index in [9.17, 15) is 18.4 Å².